The van der Waals surface area contributed by atoms with E-state index in [-0.39, 0.29) is 0 Å². The van der Waals surface area contributed by atoms with E-state index in [4.69, 9.17) is 5.26 Å². The fourth-order valence-electron chi connectivity index (χ4n) is 2.16. The van der Waals surface area contributed by atoms with Crippen molar-refractivity contribution in [3.05, 3.63) is 23.9 Å². The summed E-state index contributed by atoms with van der Waals surface area (Å²) in [6, 6.07) is 8.29. The van der Waals surface area contributed by atoms with Crippen molar-refractivity contribution in [1.82, 2.24) is 4.98 Å². The number of pyridine rings is 1. The number of rotatable bonds is 2. The number of anilines is 1. The molecule has 3 nitrogen and oxygen atoms in total. The van der Waals surface area contributed by atoms with Crippen LogP contribution in [0.4, 0.5) is 5.82 Å². The maximum atomic E-state index is 8.78. The molecule has 0 radical (unpaired) electrons. The van der Waals surface area contributed by atoms with Gasteiger partial charge >= 0.3 is 0 Å². The minimum Gasteiger partial charge on any atom is -0.357 e. The summed E-state index contributed by atoms with van der Waals surface area (Å²) in [6.07, 6.45) is 5.11. The topological polar surface area (TPSA) is 39.9 Å². The van der Waals surface area contributed by atoms with Crippen LogP contribution in [0.15, 0.2) is 18.2 Å². The first-order chi connectivity index (χ1) is 7.31. The van der Waals surface area contributed by atoms with Crippen LogP contribution >= 0.6 is 0 Å². The minimum atomic E-state index is 0.498. The Morgan fingerprint density at radius 3 is 2.80 bits per heavy atom. The second-order valence-electron chi connectivity index (χ2n) is 4.04. The molecule has 1 heterocycles. The Morgan fingerprint density at radius 1 is 1.40 bits per heavy atom. The van der Waals surface area contributed by atoms with E-state index >= 15 is 0 Å². The third-order valence-corrected chi connectivity index (χ3v) is 3.08. The Kier molecular flexibility index (Phi) is 2.86. The molecule has 0 spiro atoms. The van der Waals surface area contributed by atoms with Gasteiger partial charge in [0.15, 0.2) is 0 Å². The molecule has 1 fully saturated rings. The highest BCUT2D eigenvalue weighted by Gasteiger charge is 2.20. The van der Waals surface area contributed by atoms with Crippen molar-refractivity contribution in [2.24, 2.45) is 0 Å². The van der Waals surface area contributed by atoms with Crippen molar-refractivity contribution in [2.75, 3.05) is 11.9 Å². The largest absolute Gasteiger partial charge is 0.357 e. The quantitative estimate of drug-likeness (QED) is 0.737. The molecule has 3 heteroatoms. The second kappa shape index (κ2) is 4.31. The van der Waals surface area contributed by atoms with E-state index in [0.717, 1.165) is 5.82 Å². The standard InChI is InChI=1S/C12H15N3/c1-15(11-6-2-3-7-11)12-8-4-5-10(9-13)14-12/h4-5,8,11H,2-3,6-7H2,1H3. The first kappa shape index (κ1) is 9.97. The fourth-order valence-corrected chi connectivity index (χ4v) is 2.16. The van der Waals surface area contributed by atoms with Gasteiger partial charge in [-0.25, -0.2) is 4.98 Å². The van der Waals surface area contributed by atoms with Gasteiger partial charge in [-0.2, -0.15) is 5.26 Å². The Bertz CT molecular complexity index is 375. The highest BCUT2D eigenvalue weighted by atomic mass is 15.2. The van der Waals surface area contributed by atoms with E-state index in [1.165, 1.54) is 25.7 Å². The van der Waals surface area contributed by atoms with E-state index in [2.05, 4.69) is 23.0 Å². The van der Waals surface area contributed by atoms with Gasteiger partial charge in [-0.3, -0.25) is 0 Å². The van der Waals surface area contributed by atoms with E-state index in [9.17, 15) is 0 Å². The zero-order valence-electron chi connectivity index (χ0n) is 8.98. The van der Waals surface area contributed by atoms with Gasteiger partial charge in [0.1, 0.15) is 17.6 Å². The van der Waals surface area contributed by atoms with Gasteiger partial charge in [-0.1, -0.05) is 18.9 Å². The van der Waals surface area contributed by atoms with Gasteiger partial charge in [0.2, 0.25) is 0 Å². The maximum absolute atomic E-state index is 8.78. The van der Waals surface area contributed by atoms with E-state index in [1.807, 2.05) is 12.1 Å². The average molecular weight is 201 g/mol. The van der Waals surface area contributed by atoms with Crippen molar-refractivity contribution >= 4 is 5.82 Å². The first-order valence-electron chi connectivity index (χ1n) is 5.41. The Morgan fingerprint density at radius 2 is 2.13 bits per heavy atom. The normalized spacial score (nSPS) is 16.3. The number of nitrogens with zero attached hydrogens (tertiary/aromatic N) is 3. The van der Waals surface area contributed by atoms with Crippen molar-refractivity contribution in [2.45, 2.75) is 31.7 Å². The lowest BCUT2D eigenvalue weighted by Gasteiger charge is -2.25. The predicted octanol–water partition coefficient (Wildman–Crippen LogP) is 2.33. The van der Waals surface area contributed by atoms with Crippen LogP contribution in [0, 0.1) is 11.3 Å². The summed E-state index contributed by atoms with van der Waals surface area (Å²) < 4.78 is 0. The van der Waals surface area contributed by atoms with Crippen molar-refractivity contribution in [3.8, 4) is 6.07 Å². The van der Waals surface area contributed by atoms with Gasteiger partial charge in [-0.15, -0.1) is 0 Å². The number of hydrogen-bond donors (Lipinski definition) is 0. The van der Waals surface area contributed by atoms with Crippen LogP contribution in [0.25, 0.3) is 0 Å². The second-order valence-corrected chi connectivity index (χ2v) is 4.04. The molecule has 1 aromatic rings. The van der Waals surface area contributed by atoms with Gasteiger partial charge in [-0.05, 0) is 25.0 Å². The van der Waals surface area contributed by atoms with Crippen molar-refractivity contribution in [1.29, 1.82) is 5.26 Å². The van der Waals surface area contributed by atoms with Gasteiger partial charge in [0.25, 0.3) is 0 Å². The van der Waals surface area contributed by atoms with Crippen LogP contribution in [0.3, 0.4) is 0 Å². The number of hydrogen-bond acceptors (Lipinski definition) is 3. The Hall–Kier alpha value is -1.56. The van der Waals surface area contributed by atoms with Crippen LogP contribution in [-0.2, 0) is 0 Å². The molecule has 0 N–H and O–H groups in total. The first-order valence-corrected chi connectivity index (χ1v) is 5.41. The summed E-state index contributed by atoms with van der Waals surface area (Å²) in [4.78, 5) is 6.50. The van der Waals surface area contributed by atoms with Crippen molar-refractivity contribution in [3.63, 3.8) is 0 Å². The molecule has 0 unspecified atom stereocenters. The lowest BCUT2D eigenvalue weighted by molar-refractivity contribution is 0.646. The zero-order valence-corrected chi connectivity index (χ0v) is 8.98. The molecule has 1 aromatic heterocycles. The maximum Gasteiger partial charge on any atom is 0.142 e. The van der Waals surface area contributed by atoms with Crippen LogP contribution in [0.1, 0.15) is 31.4 Å². The Labute approximate surface area is 90.4 Å². The van der Waals surface area contributed by atoms with Crippen LogP contribution < -0.4 is 4.90 Å². The summed E-state index contributed by atoms with van der Waals surface area (Å²) >= 11 is 0. The molecule has 0 atom stereocenters. The molecule has 0 amide bonds. The molecule has 1 aliphatic carbocycles. The molecule has 15 heavy (non-hydrogen) atoms. The third kappa shape index (κ3) is 2.10. The van der Waals surface area contributed by atoms with E-state index < -0.39 is 0 Å². The fraction of sp³-hybridized carbons (Fsp3) is 0.500. The summed E-state index contributed by atoms with van der Waals surface area (Å²) in [5.74, 6) is 0.918. The molecule has 0 aliphatic heterocycles. The lowest BCUT2D eigenvalue weighted by Crippen LogP contribution is -2.29. The smallest absolute Gasteiger partial charge is 0.142 e. The highest BCUT2D eigenvalue weighted by Crippen LogP contribution is 2.25. The molecule has 0 bridgehead atoms. The summed E-state index contributed by atoms with van der Waals surface area (Å²) in [6.45, 7) is 0. The summed E-state index contributed by atoms with van der Waals surface area (Å²) in [7, 11) is 2.07. The summed E-state index contributed by atoms with van der Waals surface area (Å²) in [5, 5.41) is 8.78. The minimum absolute atomic E-state index is 0.498. The molecule has 78 valence electrons. The molecule has 1 aliphatic rings. The molecule has 2 rings (SSSR count). The van der Waals surface area contributed by atoms with Crippen LogP contribution in [0.2, 0.25) is 0 Å². The van der Waals surface area contributed by atoms with Gasteiger partial charge < -0.3 is 4.90 Å². The van der Waals surface area contributed by atoms with Crippen LogP contribution in [0.5, 0.6) is 0 Å². The van der Waals surface area contributed by atoms with Crippen LogP contribution in [-0.4, -0.2) is 18.1 Å². The molecular formula is C12H15N3. The highest BCUT2D eigenvalue weighted by molar-refractivity contribution is 5.41. The van der Waals surface area contributed by atoms with Gasteiger partial charge in [0.05, 0.1) is 0 Å². The average Bonchev–Trinajstić information content (AvgIpc) is 2.81. The molecule has 1 saturated carbocycles. The number of nitriles is 1. The monoisotopic (exact) mass is 201 g/mol. The predicted molar refractivity (Wildman–Crippen MR) is 59.6 cm³/mol. The number of aromatic nitrogens is 1. The Balaban J connectivity index is 2.17. The summed E-state index contributed by atoms with van der Waals surface area (Å²) in [5.41, 5.74) is 0.498. The van der Waals surface area contributed by atoms with Crippen molar-refractivity contribution < 1.29 is 0 Å². The molecular weight excluding hydrogens is 186 g/mol. The van der Waals surface area contributed by atoms with Gasteiger partial charge in [0, 0.05) is 13.1 Å². The van der Waals surface area contributed by atoms with E-state index in [0.29, 0.717) is 11.7 Å². The SMILES string of the molecule is CN(c1cccc(C#N)n1)C1CCCC1. The molecule has 0 saturated heterocycles. The third-order valence-electron chi connectivity index (χ3n) is 3.08. The van der Waals surface area contributed by atoms with E-state index in [1.54, 1.807) is 6.07 Å². The zero-order chi connectivity index (χ0) is 10.7. The lowest BCUT2D eigenvalue weighted by atomic mass is 10.2. The molecule has 0 aromatic carbocycles.